The molecule has 0 amide bonds. The molecule has 0 aromatic carbocycles. The molecule has 1 atom stereocenters. The van der Waals surface area contributed by atoms with Crippen LogP contribution in [0.1, 0.15) is 44.3 Å². The number of H-pyrrole nitrogens is 1. The van der Waals surface area contributed by atoms with Gasteiger partial charge in [0.15, 0.2) is 4.77 Å². The van der Waals surface area contributed by atoms with Crippen LogP contribution in [-0.4, -0.2) is 14.5 Å². The van der Waals surface area contributed by atoms with Crippen LogP contribution in [0, 0.1) is 4.77 Å². The molecule has 5 heteroatoms. The number of rotatable bonds is 3. The Hall–Kier alpha value is -0.940. The molecule has 2 aromatic rings. The van der Waals surface area contributed by atoms with Gasteiger partial charge in [0, 0.05) is 41.3 Å². The monoisotopic (exact) mass is 281 g/mol. The highest BCUT2D eigenvalue weighted by molar-refractivity contribution is 7.71. The molecule has 18 heavy (non-hydrogen) atoms. The van der Waals surface area contributed by atoms with Crippen LogP contribution in [0.5, 0.6) is 0 Å². The summed E-state index contributed by atoms with van der Waals surface area (Å²) in [5.41, 5.74) is 1.34. The zero-order valence-corrected chi connectivity index (χ0v) is 12.9. The summed E-state index contributed by atoms with van der Waals surface area (Å²) in [7, 11) is 0. The predicted octanol–water partition coefficient (Wildman–Crippen LogP) is 4.10. The third-order valence-electron chi connectivity index (χ3n) is 2.97. The van der Waals surface area contributed by atoms with Gasteiger partial charge in [-0.25, -0.2) is 4.98 Å². The maximum Gasteiger partial charge on any atom is 0.177 e. The van der Waals surface area contributed by atoms with E-state index in [2.05, 4.69) is 42.2 Å². The Labute approximate surface area is 117 Å². The van der Waals surface area contributed by atoms with Gasteiger partial charge in [0.2, 0.25) is 0 Å². The van der Waals surface area contributed by atoms with Crippen molar-refractivity contribution in [3.63, 3.8) is 0 Å². The zero-order chi connectivity index (χ0) is 13.3. The minimum absolute atomic E-state index is 0.0934. The fourth-order valence-electron chi connectivity index (χ4n) is 2.03. The van der Waals surface area contributed by atoms with E-state index in [9.17, 15) is 0 Å². The molecule has 0 fully saturated rings. The molecule has 0 spiro atoms. The Balaban J connectivity index is 2.29. The van der Waals surface area contributed by atoms with E-state index in [1.54, 1.807) is 11.3 Å². The van der Waals surface area contributed by atoms with E-state index in [-0.39, 0.29) is 5.41 Å². The number of hydrogen-bond donors (Lipinski definition) is 1. The van der Waals surface area contributed by atoms with Gasteiger partial charge in [-0.05, 0) is 12.2 Å². The van der Waals surface area contributed by atoms with Crippen molar-refractivity contribution < 1.29 is 0 Å². The number of thiazole rings is 1. The second-order valence-electron chi connectivity index (χ2n) is 5.61. The quantitative estimate of drug-likeness (QED) is 0.859. The van der Waals surface area contributed by atoms with Gasteiger partial charge < -0.3 is 9.55 Å². The minimum Gasteiger partial charge on any atom is -0.337 e. The molecule has 0 radical (unpaired) electrons. The smallest absolute Gasteiger partial charge is 0.177 e. The second kappa shape index (κ2) is 4.97. The number of nitrogens with one attached hydrogen (secondary N) is 1. The van der Waals surface area contributed by atoms with Gasteiger partial charge in [-0.15, -0.1) is 11.3 Å². The molecule has 0 saturated carbocycles. The van der Waals surface area contributed by atoms with Crippen LogP contribution >= 0.6 is 23.6 Å². The summed E-state index contributed by atoms with van der Waals surface area (Å²) in [5, 5.41) is 3.19. The van der Waals surface area contributed by atoms with Gasteiger partial charge >= 0.3 is 0 Å². The van der Waals surface area contributed by atoms with Gasteiger partial charge in [0.1, 0.15) is 0 Å². The Morgan fingerprint density at radius 1 is 1.50 bits per heavy atom. The van der Waals surface area contributed by atoms with Crippen LogP contribution in [0.3, 0.4) is 0 Å². The summed E-state index contributed by atoms with van der Waals surface area (Å²) in [6.45, 7) is 9.68. The van der Waals surface area contributed by atoms with Crippen LogP contribution < -0.4 is 0 Å². The molecule has 2 rings (SSSR count). The summed E-state index contributed by atoms with van der Waals surface area (Å²) in [6, 6.07) is 0. The first-order valence-corrected chi connectivity index (χ1v) is 7.36. The number of nitrogens with zero attached hydrogens (tertiary/aromatic N) is 2. The Morgan fingerprint density at radius 2 is 2.22 bits per heavy atom. The topological polar surface area (TPSA) is 33.6 Å². The fraction of sp³-hybridized carbons (Fsp3) is 0.538. The first kappa shape index (κ1) is 13.5. The molecule has 0 aliphatic heterocycles. The van der Waals surface area contributed by atoms with Crippen molar-refractivity contribution in [2.45, 2.75) is 45.6 Å². The zero-order valence-electron chi connectivity index (χ0n) is 11.2. The molecule has 0 bridgehead atoms. The molecule has 1 unspecified atom stereocenters. The number of hydrogen-bond acceptors (Lipinski definition) is 3. The Kier molecular flexibility index (Phi) is 3.73. The molecule has 3 nitrogen and oxygen atoms in total. The highest BCUT2D eigenvalue weighted by Gasteiger charge is 2.21. The maximum atomic E-state index is 5.38. The van der Waals surface area contributed by atoms with E-state index < -0.39 is 0 Å². The summed E-state index contributed by atoms with van der Waals surface area (Å²) < 4.78 is 2.99. The van der Waals surface area contributed by atoms with E-state index in [1.807, 2.05) is 17.8 Å². The van der Waals surface area contributed by atoms with Crippen LogP contribution in [0.2, 0.25) is 0 Å². The molecule has 0 aliphatic carbocycles. The highest BCUT2D eigenvalue weighted by atomic mass is 32.1. The van der Waals surface area contributed by atoms with Crippen LogP contribution in [0.15, 0.2) is 17.8 Å². The third kappa shape index (κ3) is 2.72. The lowest BCUT2D eigenvalue weighted by molar-refractivity contribution is 0.490. The fourth-order valence-corrected chi connectivity index (χ4v) is 2.95. The van der Waals surface area contributed by atoms with Gasteiger partial charge in [0.25, 0.3) is 0 Å². The van der Waals surface area contributed by atoms with Crippen LogP contribution in [0.4, 0.5) is 0 Å². The average molecular weight is 281 g/mol. The maximum absolute atomic E-state index is 5.38. The van der Waals surface area contributed by atoms with Crippen molar-refractivity contribution in [3.05, 3.63) is 33.2 Å². The predicted molar refractivity (Wildman–Crippen MR) is 78.8 cm³/mol. The molecule has 2 heterocycles. The number of aromatic amines is 1. The first-order chi connectivity index (χ1) is 8.39. The molecule has 98 valence electrons. The van der Waals surface area contributed by atoms with Gasteiger partial charge in [-0.1, -0.05) is 27.7 Å². The largest absolute Gasteiger partial charge is 0.337 e. The Bertz CT molecular complexity index is 558. The van der Waals surface area contributed by atoms with E-state index in [0.29, 0.717) is 5.92 Å². The molecule has 1 N–H and O–H groups in total. The second-order valence-corrected chi connectivity index (χ2v) is 6.92. The van der Waals surface area contributed by atoms with Crippen molar-refractivity contribution in [1.82, 2.24) is 14.5 Å². The van der Waals surface area contributed by atoms with Crippen molar-refractivity contribution in [1.29, 1.82) is 0 Å². The van der Waals surface area contributed by atoms with E-state index in [4.69, 9.17) is 12.2 Å². The average Bonchev–Trinajstić information content (AvgIpc) is 2.87. The van der Waals surface area contributed by atoms with Gasteiger partial charge in [-0.3, -0.25) is 0 Å². The molecule has 0 aliphatic rings. The summed E-state index contributed by atoms with van der Waals surface area (Å²) in [5.74, 6) is 0.383. The molecular formula is C13H19N3S2. The lowest BCUT2D eigenvalue weighted by Gasteiger charge is -2.22. The van der Waals surface area contributed by atoms with E-state index >= 15 is 0 Å². The normalized spacial score (nSPS) is 13.8. The SMILES string of the molecule is CC(Cn1c(C(C)(C)C)c[nH]c1=S)c1nccs1. The van der Waals surface area contributed by atoms with E-state index in [0.717, 1.165) is 16.3 Å². The van der Waals surface area contributed by atoms with Crippen molar-refractivity contribution in [2.24, 2.45) is 0 Å². The minimum atomic E-state index is 0.0934. The lowest BCUT2D eigenvalue weighted by atomic mass is 9.92. The van der Waals surface area contributed by atoms with Crippen molar-refractivity contribution in [2.75, 3.05) is 0 Å². The van der Waals surface area contributed by atoms with Crippen LogP contribution in [-0.2, 0) is 12.0 Å². The molecule has 0 saturated heterocycles. The number of aromatic nitrogens is 3. The Morgan fingerprint density at radius 3 is 2.78 bits per heavy atom. The molecular weight excluding hydrogens is 262 g/mol. The lowest BCUT2D eigenvalue weighted by Crippen LogP contribution is -2.19. The van der Waals surface area contributed by atoms with Crippen molar-refractivity contribution in [3.8, 4) is 0 Å². The summed E-state index contributed by atoms with van der Waals surface area (Å²) in [6.07, 6.45) is 3.88. The van der Waals surface area contributed by atoms with Gasteiger partial charge in [0.05, 0.1) is 5.01 Å². The van der Waals surface area contributed by atoms with E-state index in [1.165, 1.54) is 5.69 Å². The van der Waals surface area contributed by atoms with Crippen molar-refractivity contribution >= 4 is 23.6 Å². The highest BCUT2D eigenvalue weighted by Crippen LogP contribution is 2.26. The van der Waals surface area contributed by atoms with Crippen LogP contribution in [0.25, 0.3) is 0 Å². The first-order valence-electron chi connectivity index (χ1n) is 6.07. The van der Waals surface area contributed by atoms with Gasteiger partial charge in [-0.2, -0.15) is 0 Å². The third-order valence-corrected chi connectivity index (χ3v) is 4.31. The molecule has 2 aromatic heterocycles. The summed E-state index contributed by atoms with van der Waals surface area (Å²) in [4.78, 5) is 7.53. The number of imidazole rings is 1. The standard InChI is InChI=1S/C13H19N3S2/c1-9(11-14-5-6-18-11)8-16-10(13(2,3)4)7-15-12(16)17/h5-7,9H,8H2,1-4H3,(H,15,17). The summed E-state index contributed by atoms with van der Waals surface area (Å²) >= 11 is 7.08.